The highest BCUT2D eigenvalue weighted by Gasteiger charge is 2.05. The molecule has 2 aromatic rings. The van der Waals surface area contributed by atoms with Crippen molar-refractivity contribution in [3.05, 3.63) is 41.7 Å². The number of guanidine groups is 1. The lowest BCUT2D eigenvalue weighted by molar-refractivity contribution is 0.354. The van der Waals surface area contributed by atoms with Gasteiger partial charge in [0.05, 0.1) is 20.4 Å². The van der Waals surface area contributed by atoms with Gasteiger partial charge in [-0.3, -0.25) is 9.67 Å². The number of rotatable bonds is 9. The third kappa shape index (κ3) is 7.66. The fourth-order valence-corrected chi connectivity index (χ4v) is 2.62. The van der Waals surface area contributed by atoms with Crippen molar-refractivity contribution in [1.29, 1.82) is 0 Å². The third-order valence-corrected chi connectivity index (χ3v) is 4.00. The molecule has 0 unspecified atom stereocenters. The first-order chi connectivity index (χ1) is 12.7. The van der Waals surface area contributed by atoms with Crippen LogP contribution in [0.15, 0.2) is 35.6 Å². The normalized spacial score (nSPS) is 10.9. The minimum Gasteiger partial charge on any atom is -0.493 e. The molecule has 27 heavy (non-hydrogen) atoms. The highest BCUT2D eigenvalue weighted by molar-refractivity contribution is 14.0. The van der Waals surface area contributed by atoms with Gasteiger partial charge in [-0.1, -0.05) is 6.07 Å². The van der Waals surface area contributed by atoms with E-state index in [1.807, 2.05) is 36.0 Å². The number of benzene rings is 1. The van der Waals surface area contributed by atoms with E-state index >= 15 is 0 Å². The molecule has 0 aliphatic carbocycles. The van der Waals surface area contributed by atoms with Crippen LogP contribution < -0.4 is 20.1 Å². The average molecular weight is 487 g/mol. The van der Waals surface area contributed by atoms with Crippen LogP contribution in [0, 0.1) is 6.92 Å². The van der Waals surface area contributed by atoms with Gasteiger partial charge in [0.15, 0.2) is 17.5 Å². The number of aliphatic imine (C=N–C) groups is 1. The number of nitrogens with zero attached hydrogens (tertiary/aromatic N) is 3. The summed E-state index contributed by atoms with van der Waals surface area (Å²) in [6.07, 6.45) is 5.78. The Morgan fingerprint density at radius 1 is 1.15 bits per heavy atom. The maximum absolute atomic E-state index is 5.34. The first kappa shape index (κ1) is 23.1. The molecular formula is C19H30IN5O2. The van der Waals surface area contributed by atoms with Gasteiger partial charge in [0, 0.05) is 32.9 Å². The second kappa shape index (κ2) is 12.4. The van der Waals surface area contributed by atoms with Crippen molar-refractivity contribution in [3.8, 4) is 11.5 Å². The minimum absolute atomic E-state index is 0. The summed E-state index contributed by atoms with van der Waals surface area (Å²) in [6.45, 7) is 4.57. The van der Waals surface area contributed by atoms with Gasteiger partial charge in [-0.25, -0.2) is 0 Å². The number of hydrogen-bond donors (Lipinski definition) is 2. The van der Waals surface area contributed by atoms with Gasteiger partial charge in [-0.2, -0.15) is 5.10 Å². The van der Waals surface area contributed by atoms with Crippen LogP contribution in [0.2, 0.25) is 0 Å². The van der Waals surface area contributed by atoms with E-state index in [1.165, 1.54) is 11.1 Å². The number of methoxy groups -OCH3 is 2. The van der Waals surface area contributed by atoms with Crippen LogP contribution >= 0.6 is 24.0 Å². The Bertz CT molecular complexity index is 718. The van der Waals surface area contributed by atoms with Crippen molar-refractivity contribution in [2.24, 2.45) is 4.99 Å². The zero-order valence-electron chi connectivity index (χ0n) is 16.5. The van der Waals surface area contributed by atoms with E-state index in [0.717, 1.165) is 49.9 Å². The number of nitrogens with one attached hydrogen (secondary N) is 2. The monoisotopic (exact) mass is 487 g/mol. The zero-order valence-corrected chi connectivity index (χ0v) is 18.8. The largest absolute Gasteiger partial charge is 0.493 e. The Kier molecular flexibility index (Phi) is 10.6. The SMILES string of the molecule is CN=C(NCCCn1cc(C)cn1)NCCc1ccc(OC)c(OC)c1.I. The molecule has 2 N–H and O–H groups in total. The van der Waals surface area contributed by atoms with Gasteiger partial charge in [0.1, 0.15) is 0 Å². The van der Waals surface area contributed by atoms with E-state index in [0.29, 0.717) is 0 Å². The summed E-state index contributed by atoms with van der Waals surface area (Å²) in [6, 6.07) is 5.98. The van der Waals surface area contributed by atoms with Gasteiger partial charge >= 0.3 is 0 Å². The van der Waals surface area contributed by atoms with Gasteiger partial charge in [-0.05, 0) is 43.0 Å². The summed E-state index contributed by atoms with van der Waals surface area (Å²) >= 11 is 0. The summed E-state index contributed by atoms with van der Waals surface area (Å²) < 4.78 is 12.6. The molecule has 150 valence electrons. The van der Waals surface area contributed by atoms with Gasteiger partial charge < -0.3 is 20.1 Å². The van der Waals surface area contributed by atoms with Crippen LogP contribution in [0.1, 0.15) is 17.5 Å². The number of aryl methyl sites for hydroxylation is 2. The number of hydrogen-bond acceptors (Lipinski definition) is 4. The van der Waals surface area contributed by atoms with E-state index in [2.05, 4.69) is 26.9 Å². The van der Waals surface area contributed by atoms with Gasteiger partial charge in [0.2, 0.25) is 0 Å². The molecule has 0 bridgehead atoms. The predicted molar refractivity (Wildman–Crippen MR) is 120 cm³/mol. The van der Waals surface area contributed by atoms with Gasteiger partial charge in [0.25, 0.3) is 0 Å². The van der Waals surface area contributed by atoms with E-state index in [9.17, 15) is 0 Å². The molecule has 0 radical (unpaired) electrons. The standard InChI is InChI=1S/C19H29N5O2.HI/c1-15-13-23-24(14-15)11-5-9-21-19(20-2)22-10-8-16-6-7-17(25-3)18(12-16)26-4;/h6-7,12-14H,5,8-11H2,1-4H3,(H2,20,21,22);1H. The van der Waals surface area contributed by atoms with Gasteiger partial charge in [-0.15, -0.1) is 24.0 Å². The molecule has 1 heterocycles. The van der Waals surface area contributed by atoms with Crippen molar-refractivity contribution >= 4 is 29.9 Å². The molecule has 0 aliphatic heterocycles. The fourth-order valence-electron chi connectivity index (χ4n) is 2.62. The Labute approximate surface area is 178 Å². The highest BCUT2D eigenvalue weighted by atomic mass is 127. The summed E-state index contributed by atoms with van der Waals surface area (Å²) in [7, 11) is 5.07. The van der Waals surface area contributed by atoms with Crippen molar-refractivity contribution in [3.63, 3.8) is 0 Å². The predicted octanol–water partition coefficient (Wildman–Crippen LogP) is 2.62. The van der Waals surface area contributed by atoms with Crippen LogP contribution in [0.3, 0.4) is 0 Å². The lowest BCUT2D eigenvalue weighted by atomic mass is 10.1. The topological polar surface area (TPSA) is 72.7 Å². The first-order valence-corrected chi connectivity index (χ1v) is 8.80. The maximum atomic E-state index is 5.34. The summed E-state index contributed by atoms with van der Waals surface area (Å²) in [5.41, 5.74) is 2.37. The van der Waals surface area contributed by atoms with Crippen molar-refractivity contribution in [1.82, 2.24) is 20.4 Å². The third-order valence-electron chi connectivity index (χ3n) is 4.00. The van der Waals surface area contributed by atoms with Crippen LogP contribution in [-0.4, -0.2) is 50.1 Å². The zero-order chi connectivity index (χ0) is 18.8. The summed E-state index contributed by atoms with van der Waals surface area (Å²) in [5, 5.41) is 10.9. The van der Waals surface area contributed by atoms with Crippen LogP contribution in [0.5, 0.6) is 11.5 Å². The second-order valence-corrected chi connectivity index (χ2v) is 6.00. The number of halogens is 1. The Morgan fingerprint density at radius 2 is 1.89 bits per heavy atom. The molecule has 0 amide bonds. The Morgan fingerprint density at radius 3 is 2.52 bits per heavy atom. The number of aromatic nitrogens is 2. The van der Waals surface area contributed by atoms with Crippen LogP contribution in [-0.2, 0) is 13.0 Å². The molecule has 0 saturated carbocycles. The molecular weight excluding hydrogens is 457 g/mol. The van der Waals surface area contributed by atoms with E-state index in [4.69, 9.17) is 9.47 Å². The van der Waals surface area contributed by atoms with E-state index < -0.39 is 0 Å². The molecule has 8 heteroatoms. The Balaban J connectivity index is 0.00000364. The van der Waals surface area contributed by atoms with E-state index in [1.54, 1.807) is 21.3 Å². The lowest BCUT2D eigenvalue weighted by Crippen LogP contribution is -2.39. The molecule has 1 aromatic heterocycles. The lowest BCUT2D eigenvalue weighted by Gasteiger charge is -2.13. The molecule has 2 rings (SSSR count). The van der Waals surface area contributed by atoms with E-state index in [-0.39, 0.29) is 24.0 Å². The first-order valence-electron chi connectivity index (χ1n) is 8.80. The van der Waals surface area contributed by atoms with Crippen molar-refractivity contribution < 1.29 is 9.47 Å². The summed E-state index contributed by atoms with van der Waals surface area (Å²) in [4.78, 5) is 4.26. The van der Waals surface area contributed by atoms with Crippen LogP contribution in [0.25, 0.3) is 0 Å². The molecule has 0 spiro atoms. The average Bonchev–Trinajstić information content (AvgIpc) is 3.08. The van der Waals surface area contributed by atoms with Crippen molar-refractivity contribution in [2.75, 3.05) is 34.4 Å². The second-order valence-electron chi connectivity index (χ2n) is 6.00. The number of ether oxygens (including phenoxy) is 2. The highest BCUT2D eigenvalue weighted by Crippen LogP contribution is 2.27. The molecule has 0 saturated heterocycles. The van der Waals surface area contributed by atoms with Crippen molar-refractivity contribution in [2.45, 2.75) is 26.3 Å². The fraction of sp³-hybridized carbons (Fsp3) is 0.474. The van der Waals surface area contributed by atoms with Crippen LogP contribution in [0.4, 0.5) is 0 Å². The molecule has 1 aromatic carbocycles. The summed E-state index contributed by atoms with van der Waals surface area (Å²) in [5.74, 6) is 2.30. The quantitative estimate of drug-likeness (QED) is 0.246. The smallest absolute Gasteiger partial charge is 0.190 e. The maximum Gasteiger partial charge on any atom is 0.190 e. The Hall–Kier alpha value is -1.97. The molecule has 0 aliphatic rings. The molecule has 7 nitrogen and oxygen atoms in total. The minimum atomic E-state index is 0. The molecule has 0 atom stereocenters. The molecule has 0 fully saturated rings.